The summed E-state index contributed by atoms with van der Waals surface area (Å²) in [7, 11) is 1.95. The van der Waals surface area contributed by atoms with Gasteiger partial charge in [0.15, 0.2) is 6.10 Å². The van der Waals surface area contributed by atoms with Crippen LogP contribution in [0.5, 0.6) is 0 Å². The van der Waals surface area contributed by atoms with Crippen LogP contribution in [-0.4, -0.2) is 59.2 Å². The standard InChI is InChI=1S/C21H26IN4O4S2/c1-9-15-14(10(2)27)21(30)26(15)16(19(22)29)18(9)32-11-6-12(23-7-11)17(28)20-24(3)8-13-25(20)4-5-31-13/h4-5,8-12,14-15,17,23,27-28H,6-7H2,1-3H3/q+1/t9-,10-,11+,12+,14-,15-,17?/m1/s1. The van der Waals surface area contributed by atoms with Crippen LogP contribution in [0.25, 0.3) is 4.83 Å². The van der Waals surface area contributed by atoms with E-state index in [1.165, 1.54) is 0 Å². The lowest BCUT2D eigenvalue weighted by atomic mass is 9.79. The van der Waals surface area contributed by atoms with Crippen molar-refractivity contribution in [1.82, 2.24) is 14.6 Å². The van der Waals surface area contributed by atoms with Crippen LogP contribution in [0.1, 0.15) is 32.2 Å². The predicted octanol–water partition coefficient (Wildman–Crippen LogP) is 1.35. The van der Waals surface area contributed by atoms with Gasteiger partial charge in [0.05, 0.1) is 25.1 Å². The number of imidazole rings is 1. The summed E-state index contributed by atoms with van der Waals surface area (Å²) in [4.78, 5) is 28.7. The molecule has 2 saturated heterocycles. The van der Waals surface area contributed by atoms with E-state index < -0.39 is 18.1 Å². The maximum absolute atomic E-state index is 12.6. The van der Waals surface area contributed by atoms with Gasteiger partial charge in [-0.1, -0.05) is 18.3 Å². The lowest BCUT2D eigenvalue weighted by Crippen LogP contribution is -2.63. The molecule has 2 aromatic rings. The van der Waals surface area contributed by atoms with Crippen LogP contribution in [0.15, 0.2) is 28.4 Å². The molecule has 2 fully saturated rings. The number of aliphatic hydroxyl groups excluding tert-OH is 2. The van der Waals surface area contributed by atoms with Crippen LogP contribution in [0.4, 0.5) is 0 Å². The second-order valence-corrected chi connectivity index (χ2v) is 12.1. The van der Waals surface area contributed by atoms with Gasteiger partial charge in [-0.05, 0) is 13.3 Å². The molecule has 5 rings (SSSR count). The second-order valence-electron chi connectivity index (χ2n) is 8.89. The fourth-order valence-electron chi connectivity index (χ4n) is 5.41. The third-order valence-corrected chi connectivity index (χ3v) is 9.73. The highest BCUT2D eigenvalue weighted by Gasteiger charge is 2.59. The Morgan fingerprint density at radius 1 is 1.44 bits per heavy atom. The van der Waals surface area contributed by atoms with Crippen molar-refractivity contribution in [3.63, 3.8) is 0 Å². The minimum absolute atomic E-state index is 0.00356. The Hall–Kier alpha value is -0.990. The first-order chi connectivity index (χ1) is 15.2. The van der Waals surface area contributed by atoms with E-state index in [9.17, 15) is 19.8 Å². The summed E-state index contributed by atoms with van der Waals surface area (Å²) in [6, 6.07) is -0.252. The average molecular weight is 590 g/mol. The highest BCUT2D eigenvalue weighted by molar-refractivity contribution is 14.1. The number of carbonyl (C=O) groups excluding carboxylic acids is 2. The molecule has 1 amide bonds. The van der Waals surface area contributed by atoms with Crippen LogP contribution in [0.2, 0.25) is 0 Å². The van der Waals surface area contributed by atoms with Gasteiger partial charge in [-0.25, -0.2) is 4.57 Å². The summed E-state index contributed by atoms with van der Waals surface area (Å²) in [5, 5.41) is 26.9. The molecule has 0 spiro atoms. The molecule has 1 unspecified atom stereocenters. The first-order valence-corrected chi connectivity index (χ1v) is 13.5. The third kappa shape index (κ3) is 3.38. The zero-order valence-electron chi connectivity index (χ0n) is 17.9. The fourth-order valence-corrected chi connectivity index (χ4v) is 8.45. The number of fused-ring (bicyclic) bond motifs is 2. The number of β-lactam (4-membered cyclic amide) rings is 1. The number of halogens is 1. The van der Waals surface area contributed by atoms with Crippen molar-refractivity contribution < 1.29 is 24.4 Å². The average Bonchev–Trinajstić information content (AvgIpc) is 3.46. The molecular formula is C21H26IN4O4S2+. The molecular weight excluding hydrogens is 563 g/mol. The Balaban J connectivity index is 1.34. The minimum Gasteiger partial charge on any atom is -0.393 e. The van der Waals surface area contributed by atoms with E-state index in [1.54, 1.807) is 57.5 Å². The van der Waals surface area contributed by atoms with Gasteiger partial charge >= 0.3 is 0 Å². The number of thioether (sulfide) groups is 1. The highest BCUT2D eigenvalue weighted by Crippen LogP contribution is 2.52. The van der Waals surface area contributed by atoms with Gasteiger partial charge in [-0.2, -0.15) is 4.40 Å². The fraction of sp³-hybridized carbons (Fsp3) is 0.571. The SMILES string of the molecule is C[C@@H](O)[C@H]1C(=O)N2C(C(=O)I)=C(S[C@@H]3CN[C@H](C(O)c4n5ccsc5c[n+]4C)C3)[C@H](C)[C@H]12. The Kier molecular flexibility index (Phi) is 5.94. The van der Waals surface area contributed by atoms with Crippen molar-refractivity contribution >= 4 is 60.2 Å². The Labute approximate surface area is 207 Å². The molecule has 32 heavy (non-hydrogen) atoms. The number of carbonyl (C=O) groups is 2. The van der Waals surface area contributed by atoms with Crippen LogP contribution in [0, 0.1) is 11.8 Å². The van der Waals surface area contributed by atoms with Gasteiger partial charge in [0.1, 0.15) is 18.1 Å². The Morgan fingerprint density at radius 2 is 2.19 bits per heavy atom. The number of aromatic nitrogens is 2. The molecule has 3 aliphatic heterocycles. The molecule has 2 aromatic heterocycles. The molecule has 0 radical (unpaired) electrons. The topological polar surface area (TPSA) is 98.2 Å². The van der Waals surface area contributed by atoms with Gasteiger partial charge in [-0.3, -0.25) is 9.59 Å². The molecule has 0 saturated carbocycles. The summed E-state index contributed by atoms with van der Waals surface area (Å²) in [5.41, 5.74) is 0.483. The first-order valence-electron chi connectivity index (χ1n) is 10.7. The number of thiazole rings is 1. The number of rotatable bonds is 6. The maximum Gasteiger partial charge on any atom is 0.293 e. The van der Waals surface area contributed by atoms with E-state index in [2.05, 4.69) is 5.32 Å². The minimum atomic E-state index is -0.731. The van der Waals surface area contributed by atoms with Crippen molar-refractivity contribution in [3.05, 3.63) is 34.2 Å². The molecule has 11 heteroatoms. The van der Waals surface area contributed by atoms with Crippen LogP contribution >= 0.6 is 45.7 Å². The Morgan fingerprint density at radius 3 is 2.88 bits per heavy atom. The highest BCUT2D eigenvalue weighted by atomic mass is 127. The number of aryl methyl sites for hydroxylation is 1. The molecule has 3 aliphatic rings. The monoisotopic (exact) mass is 589 g/mol. The number of aliphatic hydroxyl groups is 2. The maximum atomic E-state index is 12.6. The van der Waals surface area contributed by atoms with E-state index >= 15 is 0 Å². The van der Waals surface area contributed by atoms with Crippen LogP contribution in [-0.2, 0) is 16.6 Å². The van der Waals surface area contributed by atoms with Crippen molar-refractivity contribution in [3.8, 4) is 0 Å². The quantitative estimate of drug-likeness (QED) is 0.204. The molecule has 5 heterocycles. The molecule has 8 nitrogen and oxygen atoms in total. The molecule has 3 N–H and O–H groups in total. The molecule has 0 aliphatic carbocycles. The number of hydrogen-bond donors (Lipinski definition) is 3. The van der Waals surface area contributed by atoms with E-state index in [0.717, 1.165) is 22.0 Å². The third-order valence-electron chi connectivity index (χ3n) is 6.91. The number of hydrogen-bond acceptors (Lipinski definition) is 7. The lowest BCUT2D eigenvalue weighted by Gasteiger charge is -2.46. The normalized spacial score (nSPS) is 31.9. The van der Waals surface area contributed by atoms with Gasteiger partial charge in [0.25, 0.3) is 5.82 Å². The molecule has 7 atom stereocenters. The summed E-state index contributed by atoms with van der Waals surface area (Å²) < 4.78 is 3.86. The summed E-state index contributed by atoms with van der Waals surface area (Å²) in [6.07, 6.45) is 3.35. The zero-order valence-corrected chi connectivity index (χ0v) is 21.7. The summed E-state index contributed by atoms with van der Waals surface area (Å²) in [5.74, 6) is 0.234. The molecule has 0 aromatic carbocycles. The van der Waals surface area contributed by atoms with Crippen molar-refractivity contribution in [2.75, 3.05) is 6.54 Å². The Bertz CT molecular complexity index is 1130. The predicted molar refractivity (Wildman–Crippen MR) is 130 cm³/mol. The van der Waals surface area contributed by atoms with Crippen molar-refractivity contribution in [2.45, 2.75) is 49.8 Å². The van der Waals surface area contributed by atoms with Crippen LogP contribution < -0.4 is 9.88 Å². The number of nitrogens with zero attached hydrogens (tertiary/aromatic N) is 3. The molecule has 172 valence electrons. The van der Waals surface area contributed by atoms with E-state index in [0.29, 0.717) is 12.2 Å². The van der Waals surface area contributed by atoms with E-state index in [1.807, 2.05) is 40.7 Å². The number of nitrogens with one attached hydrogen (secondary N) is 1. The number of amides is 1. The van der Waals surface area contributed by atoms with Gasteiger partial charge in [-0.15, -0.1) is 11.8 Å². The second kappa shape index (κ2) is 8.35. The first kappa shape index (κ1) is 22.8. The zero-order chi connectivity index (χ0) is 22.9. The smallest absolute Gasteiger partial charge is 0.293 e. The van der Waals surface area contributed by atoms with E-state index in [-0.39, 0.29) is 32.9 Å². The van der Waals surface area contributed by atoms with Gasteiger partial charge < -0.3 is 20.4 Å². The van der Waals surface area contributed by atoms with Gasteiger partial charge in [0.2, 0.25) is 14.5 Å². The van der Waals surface area contributed by atoms with Gasteiger partial charge in [0, 0.05) is 56.6 Å². The number of allylic oxidation sites excluding steroid dienone is 1. The molecule has 0 bridgehead atoms. The largest absolute Gasteiger partial charge is 0.393 e. The van der Waals surface area contributed by atoms with Crippen molar-refractivity contribution in [1.29, 1.82) is 0 Å². The van der Waals surface area contributed by atoms with E-state index in [4.69, 9.17) is 0 Å². The van der Waals surface area contributed by atoms with Crippen molar-refractivity contribution in [2.24, 2.45) is 18.9 Å². The van der Waals surface area contributed by atoms with Crippen LogP contribution in [0.3, 0.4) is 0 Å². The summed E-state index contributed by atoms with van der Waals surface area (Å²) in [6.45, 7) is 4.39. The lowest BCUT2D eigenvalue weighted by molar-refractivity contribution is -0.681. The summed E-state index contributed by atoms with van der Waals surface area (Å²) >= 11 is 5.03.